The van der Waals surface area contributed by atoms with Crippen LogP contribution < -0.4 is 20.3 Å². The molecule has 0 aliphatic carbocycles. The van der Waals surface area contributed by atoms with E-state index in [4.69, 9.17) is 16.3 Å². The fourth-order valence-electron chi connectivity index (χ4n) is 9.57. The van der Waals surface area contributed by atoms with Gasteiger partial charge in [0.1, 0.15) is 36.0 Å². The Labute approximate surface area is 394 Å². The number of aromatic amines is 1. The number of rotatable bonds is 12. The average molecular weight is 930 g/mol. The maximum Gasteiger partial charge on any atom is 0.326 e. The lowest BCUT2D eigenvalue weighted by Crippen LogP contribution is -2.47. The van der Waals surface area contributed by atoms with E-state index in [1.807, 2.05) is 18.2 Å². The summed E-state index contributed by atoms with van der Waals surface area (Å²) in [6.07, 6.45) is 6.86. The van der Waals surface area contributed by atoms with Crippen molar-refractivity contribution in [1.29, 1.82) is 0 Å². The second-order valence-corrected chi connectivity index (χ2v) is 19.1. The molecule has 3 fully saturated rings. The normalized spacial score (nSPS) is 17.0. The molecule has 3 aliphatic heterocycles. The van der Waals surface area contributed by atoms with Crippen LogP contribution in [0.1, 0.15) is 73.0 Å². The third kappa shape index (κ3) is 10.1. The van der Waals surface area contributed by atoms with E-state index in [9.17, 15) is 14.7 Å². The fraction of sp³-hybridized carbons (Fsp3) is 0.346. The number of aliphatic hydroxyl groups is 1. The van der Waals surface area contributed by atoms with Crippen LogP contribution in [-0.2, 0) is 12.1 Å². The highest BCUT2D eigenvalue weighted by molar-refractivity contribution is 6.34. The van der Waals surface area contributed by atoms with Gasteiger partial charge >= 0.3 is 6.03 Å². The number of hydrogen-bond donors (Lipinski definition) is 4. The second-order valence-electron chi connectivity index (χ2n) is 18.7. The molecule has 4 N–H and O–H groups in total. The first kappa shape index (κ1) is 45.9. The number of carbonyl (C=O) groups is 2. The number of nitrogens with one attached hydrogen (secondary N) is 3. The minimum absolute atomic E-state index is 0.182. The molecule has 9 rings (SSSR count). The lowest BCUT2D eigenvalue weighted by Gasteiger charge is -2.47. The Kier molecular flexibility index (Phi) is 12.9. The van der Waals surface area contributed by atoms with Crippen LogP contribution in [0, 0.1) is 24.0 Å². The average Bonchev–Trinajstić information content (AvgIpc) is 3.74. The molecule has 0 unspecified atom stereocenters. The van der Waals surface area contributed by atoms with Crippen molar-refractivity contribution in [2.45, 2.75) is 65.0 Å². The van der Waals surface area contributed by atoms with Gasteiger partial charge in [0.05, 0.1) is 27.6 Å². The number of halogens is 3. The van der Waals surface area contributed by atoms with Crippen LogP contribution in [0.15, 0.2) is 97.5 Å². The molecule has 2 aromatic heterocycles. The van der Waals surface area contributed by atoms with Gasteiger partial charge in [-0.1, -0.05) is 48.5 Å². The van der Waals surface area contributed by atoms with E-state index in [0.717, 1.165) is 56.6 Å². The summed E-state index contributed by atoms with van der Waals surface area (Å²) in [6, 6.07) is 22.2. The quantitative estimate of drug-likeness (QED) is 0.0952. The number of urea groups is 1. The summed E-state index contributed by atoms with van der Waals surface area (Å²) < 4.78 is 36.3. The van der Waals surface area contributed by atoms with Gasteiger partial charge in [-0.05, 0) is 143 Å². The lowest BCUT2D eigenvalue weighted by molar-refractivity contribution is 0.0287. The molecule has 4 aromatic carbocycles. The Hall–Kier alpha value is -6.19. The van der Waals surface area contributed by atoms with Gasteiger partial charge in [0.25, 0.3) is 5.91 Å². The van der Waals surface area contributed by atoms with Gasteiger partial charge < -0.3 is 25.5 Å². The highest BCUT2D eigenvalue weighted by atomic mass is 35.5. The lowest BCUT2D eigenvalue weighted by atomic mass is 9.71. The highest BCUT2D eigenvalue weighted by Crippen LogP contribution is 2.42. The molecule has 0 radical (unpaired) electrons. The van der Waals surface area contributed by atoms with Gasteiger partial charge in [-0.25, -0.2) is 23.5 Å². The second kappa shape index (κ2) is 18.8. The van der Waals surface area contributed by atoms with E-state index in [0.29, 0.717) is 80.6 Å². The molecule has 348 valence electrons. The molecule has 6 aromatic rings. The van der Waals surface area contributed by atoms with Crippen molar-refractivity contribution in [2.75, 3.05) is 56.1 Å². The molecule has 12 nitrogen and oxygen atoms in total. The molecule has 3 amide bonds. The minimum atomic E-state index is -1.28. The summed E-state index contributed by atoms with van der Waals surface area (Å²) in [5, 5.41) is 16.9. The van der Waals surface area contributed by atoms with Gasteiger partial charge in [0.15, 0.2) is 0 Å². The number of ether oxygens (including phenoxy) is 1. The molecule has 15 heteroatoms. The molecule has 1 spiro atoms. The van der Waals surface area contributed by atoms with E-state index < -0.39 is 23.1 Å². The van der Waals surface area contributed by atoms with Gasteiger partial charge in [-0.15, -0.1) is 0 Å². The Morgan fingerprint density at radius 1 is 0.940 bits per heavy atom. The summed E-state index contributed by atoms with van der Waals surface area (Å²) in [4.78, 5) is 44.7. The molecule has 67 heavy (non-hydrogen) atoms. The van der Waals surface area contributed by atoms with Crippen molar-refractivity contribution < 1.29 is 28.2 Å². The van der Waals surface area contributed by atoms with Crippen LogP contribution in [0.4, 0.5) is 25.0 Å². The SMILES string of the molecule is C=C1CCN(c2ccc(OCCN3CCC4(CC3)CCN(Cc3ccc(-c5cc6c(-c7cc(F)cc(NC(=O)c8ccc(C(C)(C)O)cc8F)c7C)ncnc6[nH]5)cc3)CC4)cc2Cl)C(=O)N1. The summed E-state index contributed by atoms with van der Waals surface area (Å²) in [7, 11) is 0. The first-order chi connectivity index (χ1) is 32.1. The summed E-state index contributed by atoms with van der Waals surface area (Å²) in [5.74, 6) is -1.44. The van der Waals surface area contributed by atoms with Gasteiger partial charge in [-0.3, -0.25) is 19.5 Å². The molecule has 3 aliphatic rings. The van der Waals surface area contributed by atoms with E-state index in [-0.39, 0.29) is 17.3 Å². The zero-order valence-electron chi connectivity index (χ0n) is 38.0. The van der Waals surface area contributed by atoms with Crippen molar-refractivity contribution in [1.82, 2.24) is 30.1 Å². The van der Waals surface area contributed by atoms with Crippen molar-refractivity contribution in [2.24, 2.45) is 5.41 Å². The number of benzene rings is 4. The zero-order chi connectivity index (χ0) is 47.0. The number of nitrogens with zero attached hydrogens (tertiary/aromatic N) is 5. The summed E-state index contributed by atoms with van der Waals surface area (Å²) in [5.41, 5.74) is 5.89. The number of amides is 3. The fourth-order valence-corrected chi connectivity index (χ4v) is 9.84. The Morgan fingerprint density at radius 2 is 1.67 bits per heavy atom. The molecule has 0 saturated carbocycles. The van der Waals surface area contributed by atoms with E-state index in [1.54, 1.807) is 17.9 Å². The number of hydrogen-bond acceptors (Lipinski definition) is 8. The van der Waals surface area contributed by atoms with E-state index >= 15 is 8.78 Å². The van der Waals surface area contributed by atoms with Gasteiger partial charge in [0, 0.05) is 60.1 Å². The molecule has 5 heterocycles. The summed E-state index contributed by atoms with van der Waals surface area (Å²) in [6.45, 7) is 15.7. The number of aromatic nitrogens is 3. The predicted molar refractivity (Wildman–Crippen MR) is 258 cm³/mol. The van der Waals surface area contributed by atoms with Crippen LogP contribution in [0.2, 0.25) is 5.02 Å². The number of anilines is 2. The first-order valence-electron chi connectivity index (χ1n) is 22.8. The van der Waals surface area contributed by atoms with E-state index in [1.165, 1.54) is 75.7 Å². The van der Waals surface area contributed by atoms with Crippen LogP contribution in [0.25, 0.3) is 33.5 Å². The molecular weight excluding hydrogens is 874 g/mol. The van der Waals surface area contributed by atoms with Crippen molar-refractivity contribution in [3.05, 3.63) is 136 Å². The Balaban J connectivity index is 0.770. The van der Waals surface area contributed by atoms with E-state index in [2.05, 4.69) is 66.2 Å². The number of H-pyrrole nitrogens is 1. The molecular formula is C52H55ClF2N8O4. The monoisotopic (exact) mass is 928 g/mol. The third-order valence-electron chi connectivity index (χ3n) is 13.8. The summed E-state index contributed by atoms with van der Waals surface area (Å²) >= 11 is 6.57. The number of piperidine rings is 2. The standard InChI is InChI=1S/C52H55ClF2N8O4/c1-32-13-18-63(50(65)58-32)46-12-10-38(28-42(46)53)67-24-23-61-19-14-52(15-20-61)16-21-62(22-17-52)30-34-5-7-35(8-6-34)45-29-41-47(56-31-57-48(41)59-45)40-26-37(54)27-44(33(40)2)60-49(64)39-11-9-36(25-43(39)55)51(3,4)66/h5-12,25-29,31,66H,1,13-24,30H2,2-4H3,(H,58,65)(H,60,64)(H,56,57,59). The number of carbonyl (C=O) groups excluding carboxylic acids is 2. The smallest absolute Gasteiger partial charge is 0.326 e. The van der Waals surface area contributed by atoms with Crippen LogP contribution >= 0.6 is 11.6 Å². The van der Waals surface area contributed by atoms with Crippen LogP contribution in [0.5, 0.6) is 5.75 Å². The van der Waals surface area contributed by atoms with Crippen LogP contribution in [0.3, 0.4) is 0 Å². The highest BCUT2D eigenvalue weighted by Gasteiger charge is 2.37. The zero-order valence-corrected chi connectivity index (χ0v) is 38.8. The van der Waals surface area contributed by atoms with Gasteiger partial charge in [0.2, 0.25) is 0 Å². The van der Waals surface area contributed by atoms with Crippen LogP contribution in [-0.4, -0.2) is 87.7 Å². The number of fused-ring (bicyclic) bond motifs is 1. The van der Waals surface area contributed by atoms with Crippen molar-refractivity contribution in [3.8, 4) is 28.3 Å². The molecule has 0 atom stereocenters. The minimum Gasteiger partial charge on any atom is -0.492 e. The van der Waals surface area contributed by atoms with Crippen molar-refractivity contribution >= 4 is 45.9 Å². The Bertz CT molecular complexity index is 2840. The molecule has 0 bridgehead atoms. The first-order valence-corrected chi connectivity index (χ1v) is 23.2. The topological polar surface area (TPSA) is 139 Å². The predicted octanol–water partition coefficient (Wildman–Crippen LogP) is 10.2. The third-order valence-corrected chi connectivity index (χ3v) is 14.1. The maximum absolute atomic E-state index is 15.2. The van der Waals surface area contributed by atoms with Gasteiger partial charge in [-0.2, -0.15) is 0 Å². The maximum atomic E-state index is 15.2. The number of likely N-dealkylation sites (tertiary alicyclic amines) is 2. The molecule has 3 saturated heterocycles. The Morgan fingerprint density at radius 3 is 2.36 bits per heavy atom. The van der Waals surface area contributed by atoms with Crippen molar-refractivity contribution in [3.63, 3.8) is 0 Å². The largest absolute Gasteiger partial charge is 0.492 e.